The molecule has 0 aliphatic carbocycles. The molecule has 0 aliphatic heterocycles. The van der Waals surface area contributed by atoms with Gasteiger partial charge in [0.25, 0.3) is 0 Å². The summed E-state index contributed by atoms with van der Waals surface area (Å²) in [5.41, 5.74) is 1.83. The standard InChI is InChI=1S/C12H15NO4/c1-3-17-12(14)11(13(15)16)8-10-6-4-9(2)5-7-10/h4-7,11H,3,8H2,1-2H3. The van der Waals surface area contributed by atoms with Gasteiger partial charge in [-0.2, -0.15) is 0 Å². The fourth-order valence-electron chi connectivity index (χ4n) is 1.43. The molecule has 0 saturated heterocycles. The average Bonchev–Trinajstić information content (AvgIpc) is 2.28. The van der Waals surface area contributed by atoms with Crippen molar-refractivity contribution in [2.24, 2.45) is 0 Å². The van der Waals surface area contributed by atoms with Gasteiger partial charge in [-0.05, 0) is 19.4 Å². The molecule has 0 spiro atoms. The Kier molecular flexibility index (Phi) is 4.63. The van der Waals surface area contributed by atoms with Gasteiger partial charge in [-0.25, -0.2) is 4.79 Å². The number of hydrogen-bond donors (Lipinski definition) is 0. The van der Waals surface area contributed by atoms with Crippen molar-refractivity contribution in [3.8, 4) is 0 Å². The van der Waals surface area contributed by atoms with E-state index >= 15 is 0 Å². The van der Waals surface area contributed by atoms with Crippen molar-refractivity contribution >= 4 is 5.97 Å². The molecule has 0 aromatic heterocycles. The van der Waals surface area contributed by atoms with Gasteiger partial charge in [0.1, 0.15) is 0 Å². The minimum atomic E-state index is -1.32. The zero-order valence-corrected chi connectivity index (χ0v) is 9.88. The Labute approximate surface area is 99.5 Å². The summed E-state index contributed by atoms with van der Waals surface area (Å²) in [5, 5.41) is 10.8. The van der Waals surface area contributed by atoms with Crippen LogP contribution in [-0.2, 0) is 16.0 Å². The SMILES string of the molecule is CCOC(=O)C(Cc1ccc(C)cc1)[N+](=O)[O-]. The molecule has 92 valence electrons. The molecule has 1 unspecified atom stereocenters. The van der Waals surface area contributed by atoms with E-state index in [0.717, 1.165) is 11.1 Å². The van der Waals surface area contributed by atoms with Crippen molar-refractivity contribution in [3.63, 3.8) is 0 Å². The van der Waals surface area contributed by atoms with E-state index in [-0.39, 0.29) is 13.0 Å². The van der Waals surface area contributed by atoms with Crippen molar-refractivity contribution in [2.45, 2.75) is 26.3 Å². The first-order valence-electron chi connectivity index (χ1n) is 5.40. The van der Waals surface area contributed by atoms with Crippen LogP contribution >= 0.6 is 0 Å². The molecule has 1 aromatic rings. The smallest absolute Gasteiger partial charge is 0.382 e. The largest absolute Gasteiger partial charge is 0.461 e. The highest BCUT2D eigenvalue weighted by Crippen LogP contribution is 2.09. The predicted octanol–water partition coefficient (Wildman–Crippen LogP) is 1.75. The Hall–Kier alpha value is -1.91. The van der Waals surface area contributed by atoms with Crippen LogP contribution in [0.15, 0.2) is 24.3 Å². The van der Waals surface area contributed by atoms with Crippen LogP contribution < -0.4 is 0 Å². The van der Waals surface area contributed by atoms with Crippen LogP contribution in [0.4, 0.5) is 0 Å². The highest BCUT2D eigenvalue weighted by atomic mass is 16.6. The highest BCUT2D eigenvalue weighted by molar-refractivity contribution is 5.74. The number of benzene rings is 1. The summed E-state index contributed by atoms with van der Waals surface area (Å²) < 4.78 is 4.68. The number of ether oxygens (including phenoxy) is 1. The number of nitro groups is 1. The summed E-state index contributed by atoms with van der Waals surface area (Å²) in [4.78, 5) is 21.6. The fourth-order valence-corrected chi connectivity index (χ4v) is 1.43. The molecule has 0 aliphatic rings. The molecule has 0 fully saturated rings. The van der Waals surface area contributed by atoms with E-state index in [2.05, 4.69) is 4.74 Å². The van der Waals surface area contributed by atoms with Gasteiger partial charge in [-0.3, -0.25) is 10.1 Å². The topological polar surface area (TPSA) is 69.4 Å². The second-order valence-electron chi connectivity index (χ2n) is 3.74. The third kappa shape index (κ3) is 3.86. The Morgan fingerprint density at radius 2 is 2.00 bits per heavy atom. The van der Waals surface area contributed by atoms with Crippen molar-refractivity contribution in [1.82, 2.24) is 0 Å². The minimum Gasteiger partial charge on any atom is -0.461 e. The van der Waals surface area contributed by atoms with Crippen molar-refractivity contribution in [3.05, 3.63) is 45.5 Å². The van der Waals surface area contributed by atoms with E-state index in [1.54, 1.807) is 19.1 Å². The van der Waals surface area contributed by atoms with E-state index in [1.165, 1.54) is 0 Å². The summed E-state index contributed by atoms with van der Waals surface area (Å²) >= 11 is 0. The molecule has 0 radical (unpaired) electrons. The number of nitrogens with zero attached hydrogens (tertiary/aromatic N) is 1. The van der Waals surface area contributed by atoms with Gasteiger partial charge in [0.05, 0.1) is 13.0 Å². The molecule has 0 amide bonds. The Morgan fingerprint density at radius 3 is 2.47 bits per heavy atom. The molecule has 0 heterocycles. The predicted molar refractivity (Wildman–Crippen MR) is 62.3 cm³/mol. The summed E-state index contributed by atoms with van der Waals surface area (Å²) in [6, 6.07) is 5.96. The third-order valence-corrected chi connectivity index (χ3v) is 2.36. The monoisotopic (exact) mass is 237 g/mol. The zero-order valence-electron chi connectivity index (χ0n) is 9.88. The van der Waals surface area contributed by atoms with Gasteiger partial charge in [0.15, 0.2) is 0 Å². The van der Waals surface area contributed by atoms with Crippen molar-refractivity contribution in [2.75, 3.05) is 6.61 Å². The molecular formula is C12H15NO4. The van der Waals surface area contributed by atoms with Crippen LogP contribution in [-0.4, -0.2) is 23.5 Å². The number of hydrogen-bond acceptors (Lipinski definition) is 4. The molecule has 17 heavy (non-hydrogen) atoms. The van der Waals surface area contributed by atoms with Crippen molar-refractivity contribution in [1.29, 1.82) is 0 Å². The van der Waals surface area contributed by atoms with Crippen LogP contribution in [0.5, 0.6) is 0 Å². The van der Waals surface area contributed by atoms with Crippen LogP contribution in [0.3, 0.4) is 0 Å². The summed E-state index contributed by atoms with van der Waals surface area (Å²) in [5.74, 6) is -0.780. The van der Waals surface area contributed by atoms with Crippen LogP contribution in [0.2, 0.25) is 0 Å². The molecule has 1 aromatic carbocycles. The van der Waals surface area contributed by atoms with Crippen LogP contribution in [0.25, 0.3) is 0 Å². The Bertz CT molecular complexity index is 399. The number of rotatable bonds is 5. The lowest BCUT2D eigenvalue weighted by molar-refractivity contribution is -0.510. The molecular weight excluding hydrogens is 222 g/mol. The maximum Gasteiger partial charge on any atom is 0.382 e. The number of esters is 1. The average molecular weight is 237 g/mol. The van der Waals surface area contributed by atoms with Crippen LogP contribution in [0, 0.1) is 17.0 Å². The molecule has 1 rings (SSSR count). The van der Waals surface area contributed by atoms with E-state index < -0.39 is 16.9 Å². The minimum absolute atomic E-state index is 0.0616. The number of aryl methyl sites for hydroxylation is 1. The second-order valence-corrected chi connectivity index (χ2v) is 3.74. The Morgan fingerprint density at radius 1 is 1.41 bits per heavy atom. The highest BCUT2D eigenvalue weighted by Gasteiger charge is 2.31. The first-order chi connectivity index (χ1) is 8.04. The maximum absolute atomic E-state index is 11.4. The van der Waals surface area contributed by atoms with E-state index in [9.17, 15) is 14.9 Å². The third-order valence-electron chi connectivity index (χ3n) is 2.36. The van der Waals surface area contributed by atoms with Gasteiger partial charge in [0, 0.05) is 4.92 Å². The normalized spacial score (nSPS) is 11.9. The van der Waals surface area contributed by atoms with Crippen molar-refractivity contribution < 1.29 is 14.5 Å². The Balaban J connectivity index is 2.76. The summed E-state index contributed by atoms with van der Waals surface area (Å²) in [6.45, 7) is 3.71. The first kappa shape index (κ1) is 13.2. The first-order valence-corrected chi connectivity index (χ1v) is 5.40. The van der Waals surface area contributed by atoms with E-state index in [4.69, 9.17) is 0 Å². The molecule has 0 saturated carbocycles. The molecule has 5 heteroatoms. The van der Waals surface area contributed by atoms with E-state index in [1.807, 2.05) is 19.1 Å². The molecule has 5 nitrogen and oxygen atoms in total. The molecule has 1 atom stereocenters. The molecule has 0 N–H and O–H groups in total. The van der Waals surface area contributed by atoms with E-state index in [0.29, 0.717) is 0 Å². The van der Waals surface area contributed by atoms with Gasteiger partial charge < -0.3 is 4.74 Å². The quantitative estimate of drug-likeness (QED) is 0.444. The summed E-state index contributed by atoms with van der Waals surface area (Å²) in [6.07, 6.45) is 0.0616. The lowest BCUT2D eigenvalue weighted by Crippen LogP contribution is -2.33. The number of carbonyl (C=O) groups is 1. The maximum atomic E-state index is 11.4. The second kappa shape index (κ2) is 5.98. The van der Waals surface area contributed by atoms with Gasteiger partial charge in [0.2, 0.25) is 0 Å². The zero-order chi connectivity index (χ0) is 12.8. The molecule has 0 bridgehead atoms. The van der Waals surface area contributed by atoms with Gasteiger partial charge in [-0.15, -0.1) is 0 Å². The van der Waals surface area contributed by atoms with Crippen LogP contribution in [0.1, 0.15) is 18.1 Å². The fraction of sp³-hybridized carbons (Fsp3) is 0.417. The lowest BCUT2D eigenvalue weighted by Gasteiger charge is -2.08. The number of carbonyl (C=O) groups excluding carboxylic acids is 1. The van der Waals surface area contributed by atoms with Gasteiger partial charge >= 0.3 is 12.0 Å². The van der Waals surface area contributed by atoms with Gasteiger partial charge in [-0.1, -0.05) is 29.8 Å². The lowest BCUT2D eigenvalue weighted by atomic mass is 10.1. The summed E-state index contributed by atoms with van der Waals surface area (Å²) in [7, 11) is 0.